The van der Waals surface area contributed by atoms with Crippen LogP contribution in [0.25, 0.3) is 0 Å². The zero-order chi connectivity index (χ0) is 9.84. The van der Waals surface area contributed by atoms with Crippen molar-refractivity contribution in [3.63, 3.8) is 0 Å². The molecule has 0 aliphatic carbocycles. The maximum absolute atomic E-state index is 11.3. The van der Waals surface area contributed by atoms with Gasteiger partial charge in [0.25, 0.3) is 0 Å². The molecule has 13 heavy (non-hydrogen) atoms. The Labute approximate surface area is 76.4 Å². The number of hydrogen-bond acceptors (Lipinski definition) is 3. The molecule has 3 nitrogen and oxygen atoms in total. The first-order valence-corrected chi connectivity index (χ1v) is 4.26. The van der Waals surface area contributed by atoms with Crippen molar-refractivity contribution in [1.29, 1.82) is 0 Å². The second-order valence-corrected chi connectivity index (χ2v) is 2.91. The molecule has 1 aromatic heterocycles. The van der Waals surface area contributed by atoms with Gasteiger partial charge in [-0.1, -0.05) is 6.92 Å². The van der Waals surface area contributed by atoms with Gasteiger partial charge in [0.2, 0.25) is 0 Å². The van der Waals surface area contributed by atoms with Crippen LogP contribution in [0.2, 0.25) is 0 Å². The molecule has 0 spiro atoms. The van der Waals surface area contributed by atoms with Crippen LogP contribution in [0, 0.1) is 0 Å². The van der Waals surface area contributed by atoms with Gasteiger partial charge in [-0.15, -0.1) is 0 Å². The van der Waals surface area contributed by atoms with E-state index in [-0.39, 0.29) is 17.1 Å². The van der Waals surface area contributed by atoms with Gasteiger partial charge in [-0.3, -0.25) is 9.59 Å². The van der Waals surface area contributed by atoms with Crippen molar-refractivity contribution in [2.45, 2.75) is 26.2 Å². The van der Waals surface area contributed by atoms with Gasteiger partial charge in [0.15, 0.2) is 5.43 Å². The van der Waals surface area contributed by atoms with Gasteiger partial charge in [0.05, 0.1) is 12.2 Å². The van der Waals surface area contributed by atoms with Crippen LogP contribution in [0.5, 0.6) is 0 Å². The van der Waals surface area contributed by atoms with Gasteiger partial charge >= 0.3 is 0 Å². The third kappa shape index (κ3) is 2.28. The summed E-state index contributed by atoms with van der Waals surface area (Å²) in [5, 5.41) is 0. The Balaban J connectivity index is 2.95. The highest BCUT2D eigenvalue weighted by atomic mass is 16.3. The molecule has 1 atom stereocenters. The molecule has 0 radical (unpaired) electrons. The van der Waals surface area contributed by atoms with Crippen LogP contribution in [0.4, 0.5) is 0 Å². The molecule has 0 aliphatic heterocycles. The van der Waals surface area contributed by atoms with Gasteiger partial charge in [-0.25, -0.2) is 0 Å². The van der Waals surface area contributed by atoms with E-state index in [0.717, 1.165) is 0 Å². The lowest BCUT2D eigenvalue weighted by molar-refractivity contribution is -0.120. The Morgan fingerprint density at radius 3 is 2.85 bits per heavy atom. The largest absolute Gasteiger partial charge is 0.468 e. The van der Waals surface area contributed by atoms with E-state index in [1.165, 1.54) is 18.4 Å². The Bertz CT molecular complexity index is 351. The fourth-order valence-corrected chi connectivity index (χ4v) is 1.09. The van der Waals surface area contributed by atoms with E-state index in [1.807, 2.05) is 0 Å². The molecule has 0 fully saturated rings. The Morgan fingerprint density at radius 2 is 2.31 bits per heavy atom. The second kappa shape index (κ2) is 4.03. The van der Waals surface area contributed by atoms with E-state index < -0.39 is 0 Å². The predicted octanol–water partition coefficient (Wildman–Crippen LogP) is 1.72. The number of carbonyl (C=O) groups is 1. The van der Waals surface area contributed by atoms with Crippen molar-refractivity contribution in [1.82, 2.24) is 0 Å². The molecule has 0 saturated carbocycles. The molecule has 0 saturated heterocycles. The Morgan fingerprint density at radius 1 is 1.62 bits per heavy atom. The molecule has 0 aromatic carbocycles. The Hall–Kier alpha value is -1.38. The van der Waals surface area contributed by atoms with Crippen LogP contribution in [0.1, 0.15) is 31.9 Å². The van der Waals surface area contributed by atoms with Gasteiger partial charge in [-0.05, 0) is 6.92 Å². The molecule has 1 rings (SSSR count). The van der Waals surface area contributed by atoms with Crippen LogP contribution < -0.4 is 5.43 Å². The van der Waals surface area contributed by atoms with E-state index in [0.29, 0.717) is 12.2 Å². The second-order valence-electron chi connectivity index (χ2n) is 2.91. The highest BCUT2D eigenvalue weighted by molar-refractivity contribution is 5.84. The van der Waals surface area contributed by atoms with Gasteiger partial charge in [-0.2, -0.15) is 0 Å². The minimum absolute atomic E-state index is 0.0781. The van der Waals surface area contributed by atoms with Crippen molar-refractivity contribution in [3.05, 3.63) is 34.4 Å². The summed E-state index contributed by atoms with van der Waals surface area (Å²) in [4.78, 5) is 22.2. The summed E-state index contributed by atoms with van der Waals surface area (Å²) in [6.45, 7) is 3.53. The van der Waals surface area contributed by atoms with Crippen LogP contribution in [-0.2, 0) is 4.79 Å². The van der Waals surface area contributed by atoms with Crippen molar-refractivity contribution in [3.8, 4) is 0 Å². The minimum atomic E-state index is -0.320. The molecule has 0 aliphatic rings. The number of ketones is 1. The molecule has 0 N–H and O–H groups in total. The van der Waals surface area contributed by atoms with E-state index in [9.17, 15) is 9.59 Å². The normalized spacial score (nSPS) is 12.5. The number of rotatable bonds is 3. The predicted molar refractivity (Wildman–Crippen MR) is 48.7 cm³/mol. The first kappa shape index (κ1) is 9.71. The third-order valence-corrected chi connectivity index (χ3v) is 1.98. The molecule has 1 heterocycles. The van der Waals surface area contributed by atoms with Crippen molar-refractivity contribution in [2.75, 3.05) is 0 Å². The van der Waals surface area contributed by atoms with Crippen molar-refractivity contribution in [2.24, 2.45) is 0 Å². The summed E-state index contributed by atoms with van der Waals surface area (Å²) >= 11 is 0. The molecule has 1 aromatic rings. The first-order valence-electron chi connectivity index (χ1n) is 4.26. The molecule has 1 unspecified atom stereocenters. The average Bonchev–Trinajstić information content (AvgIpc) is 2.15. The smallest absolute Gasteiger partial charge is 0.185 e. The van der Waals surface area contributed by atoms with E-state index in [1.54, 1.807) is 13.8 Å². The number of carbonyl (C=O) groups excluding carboxylic acids is 1. The summed E-state index contributed by atoms with van der Waals surface area (Å²) in [6.07, 6.45) is 1.77. The van der Waals surface area contributed by atoms with Crippen LogP contribution >= 0.6 is 0 Å². The average molecular weight is 180 g/mol. The molecule has 70 valence electrons. The zero-order valence-electron chi connectivity index (χ0n) is 7.74. The SMILES string of the molecule is CCC(=O)C(C)c1cc(=O)cco1. The van der Waals surface area contributed by atoms with Crippen LogP contribution in [0.15, 0.2) is 27.6 Å². The number of hydrogen-bond donors (Lipinski definition) is 0. The maximum Gasteiger partial charge on any atom is 0.185 e. The molecule has 3 heteroatoms. The lowest BCUT2D eigenvalue weighted by atomic mass is 10.0. The molecule has 0 bridgehead atoms. The van der Waals surface area contributed by atoms with Crippen molar-refractivity contribution >= 4 is 5.78 Å². The molecular formula is C10H12O3. The van der Waals surface area contributed by atoms with Crippen LogP contribution in [0.3, 0.4) is 0 Å². The van der Waals surface area contributed by atoms with E-state index in [4.69, 9.17) is 4.42 Å². The van der Waals surface area contributed by atoms with Gasteiger partial charge in [0.1, 0.15) is 11.5 Å². The summed E-state index contributed by atoms with van der Waals surface area (Å²) < 4.78 is 5.07. The highest BCUT2D eigenvalue weighted by Gasteiger charge is 2.15. The quantitative estimate of drug-likeness (QED) is 0.711. The topological polar surface area (TPSA) is 47.3 Å². The van der Waals surface area contributed by atoms with E-state index >= 15 is 0 Å². The van der Waals surface area contributed by atoms with Crippen molar-refractivity contribution < 1.29 is 9.21 Å². The number of Topliss-reactive ketones (excluding diaryl/α,β-unsaturated/α-hetero) is 1. The maximum atomic E-state index is 11.3. The molecule has 0 amide bonds. The van der Waals surface area contributed by atoms with Gasteiger partial charge < -0.3 is 4.42 Å². The summed E-state index contributed by atoms with van der Waals surface area (Å²) in [5.41, 5.74) is -0.128. The standard InChI is InChI=1S/C10H12O3/c1-3-9(12)7(2)10-6-8(11)4-5-13-10/h4-7H,3H2,1-2H3. The summed E-state index contributed by atoms with van der Waals surface area (Å²) in [5.74, 6) is 0.201. The summed E-state index contributed by atoms with van der Waals surface area (Å²) in [6, 6.07) is 2.69. The van der Waals surface area contributed by atoms with E-state index in [2.05, 4.69) is 0 Å². The lowest BCUT2D eigenvalue weighted by Crippen LogP contribution is -2.10. The van der Waals surface area contributed by atoms with Gasteiger partial charge in [0, 0.05) is 18.6 Å². The Kier molecular flexibility index (Phi) is 3.01. The first-order chi connectivity index (χ1) is 6.15. The van der Waals surface area contributed by atoms with Crippen LogP contribution in [-0.4, -0.2) is 5.78 Å². The lowest BCUT2D eigenvalue weighted by Gasteiger charge is -2.06. The fourth-order valence-electron chi connectivity index (χ4n) is 1.09. The zero-order valence-corrected chi connectivity index (χ0v) is 7.74. The minimum Gasteiger partial charge on any atom is -0.468 e. The monoisotopic (exact) mass is 180 g/mol. The third-order valence-electron chi connectivity index (χ3n) is 1.98. The molecular weight excluding hydrogens is 168 g/mol. The fraction of sp³-hybridized carbons (Fsp3) is 0.400. The summed E-state index contributed by atoms with van der Waals surface area (Å²) in [7, 11) is 0. The highest BCUT2D eigenvalue weighted by Crippen LogP contribution is 2.15.